The summed E-state index contributed by atoms with van der Waals surface area (Å²) in [4.78, 5) is 0. The van der Waals surface area contributed by atoms with Gasteiger partial charge >= 0.3 is 33.4 Å². The van der Waals surface area contributed by atoms with Crippen LogP contribution in [0, 0.1) is 28.6 Å². The summed E-state index contributed by atoms with van der Waals surface area (Å²) >= 11 is 0. The number of allylic oxidation sites excluding steroid dienone is 2. The highest BCUT2D eigenvalue weighted by Gasteiger charge is 2.86. The van der Waals surface area contributed by atoms with Crippen LogP contribution >= 0.6 is 0 Å². The zero-order valence-corrected chi connectivity index (χ0v) is 24.4. The Morgan fingerprint density at radius 2 is 1.43 bits per heavy atom. The third kappa shape index (κ3) is 4.06. The molecule has 0 bridgehead atoms. The molecule has 7 nitrogen and oxygen atoms in total. The number of fused-ring (bicyclic) bond motifs is 6. The van der Waals surface area contributed by atoms with Gasteiger partial charge in [0.1, 0.15) is 5.76 Å². The van der Waals surface area contributed by atoms with E-state index in [0.29, 0.717) is 38.0 Å². The minimum atomic E-state index is -7.42. The fraction of sp³-hybridized carbons (Fsp3) is 0.852. The molecule has 2 spiro atoms. The van der Waals surface area contributed by atoms with E-state index < -0.39 is 73.4 Å². The Bertz CT molecular complexity index is 1370. The van der Waals surface area contributed by atoms with Crippen LogP contribution in [0.4, 0.5) is 39.5 Å². The summed E-state index contributed by atoms with van der Waals surface area (Å²) in [7, 11) is -7.17. The van der Waals surface area contributed by atoms with E-state index in [0.717, 1.165) is 6.08 Å². The van der Waals surface area contributed by atoms with E-state index in [4.69, 9.17) is 23.1 Å². The summed E-state index contributed by atoms with van der Waals surface area (Å²) in [6, 6.07) is 0. The molecule has 0 aromatic carbocycles. The maximum atomic E-state index is 14.9. The summed E-state index contributed by atoms with van der Waals surface area (Å²) in [5, 5.41) is -6.99. The lowest BCUT2D eigenvalue weighted by atomic mass is 9.49. The van der Waals surface area contributed by atoms with Gasteiger partial charge < -0.3 is 23.1 Å². The summed E-state index contributed by atoms with van der Waals surface area (Å²) in [6.07, 6.45) is -2.25. The number of hydrogen-bond acceptors (Lipinski definition) is 7. The van der Waals surface area contributed by atoms with Gasteiger partial charge in [0, 0.05) is 30.6 Å². The molecule has 0 N–H and O–H groups in total. The summed E-state index contributed by atoms with van der Waals surface area (Å²) < 4.78 is 178. The van der Waals surface area contributed by atoms with Crippen molar-refractivity contribution in [1.29, 1.82) is 0 Å². The van der Waals surface area contributed by atoms with Crippen LogP contribution in [0.15, 0.2) is 23.5 Å². The second-order valence-corrected chi connectivity index (χ2v) is 14.5. The molecule has 4 aliphatic carbocycles. The SMILES string of the molecule is C[C@]12CCC3(CC1=CC[C@@H]1[C@@H]2C(OS(=O)(=O)C(F)(F)C(F)(F)C(F)(F)C(F)(F)F)=C[C@@]2(C)[C@H]1CCC21OCCO1)OCCO3. The van der Waals surface area contributed by atoms with Crippen molar-refractivity contribution < 1.29 is 71.1 Å². The first-order chi connectivity index (χ1) is 20.1. The molecule has 250 valence electrons. The van der Waals surface area contributed by atoms with E-state index in [1.54, 1.807) is 13.8 Å². The molecule has 6 rings (SSSR count). The van der Waals surface area contributed by atoms with Crippen LogP contribution < -0.4 is 0 Å². The van der Waals surface area contributed by atoms with E-state index in [9.17, 15) is 47.9 Å². The van der Waals surface area contributed by atoms with Gasteiger partial charge in [0.15, 0.2) is 11.6 Å². The van der Waals surface area contributed by atoms with Crippen LogP contribution in [0.5, 0.6) is 0 Å². The van der Waals surface area contributed by atoms with E-state index in [-0.39, 0.29) is 38.4 Å². The Morgan fingerprint density at radius 1 is 0.841 bits per heavy atom. The number of alkyl halides is 9. The molecule has 2 heterocycles. The van der Waals surface area contributed by atoms with Crippen molar-refractivity contribution in [2.75, 3.05) is 26.4 Å². The lowest BCUT2D eigenvalue weighted by Gasteiger charge is -2.57. The van der Waals surface area contributed by atoms with Gasteiger partial charge in [0.05, 0.1) is 26.4 Å². The van der Waals surface area contributed by atoms with Crippen LogP contribution in [0.3, 0.4) is 0 Å². The van der Waals surface area contributed by atoms with E-state index >= 15 is 0 Å². The fourth-order valence-electron chi connectivity index (χ4n) is 8.54. The Hall–Kier alpha value is -1.56. The zero-order chi connectivity index (χ0) is 32.4. The van der Waals surface area contributed by atoms with Gasteiger partial charge in [-0.05, 0) is 42.6 Å². The quantitative estimate of drug-likeness (QED) is 0.193. The van der Waals surface area contributed by atoms with Crippen molar-refractivity contribution in [2.24, 2.45) is 28.6 Å². The molecule has 0 amide bonds. The van der Waals surface area contributed by atoms with E-state index in [1.165, 1.54) is 0 Å². The predicted molar refractivity (Wildman–Crippen MR) is 131 cm³/mol. The predicted octanol–water partition coefficient (Wildman–Crippen LogP) is 6.31. The highest BCUT2D eigenvalue weighted by molar-refractivity contribution is 7.88. The van der Waals surface area contributed by atoms with Crippen LogP contribution in [0.2, 0.25) is 0 Å². The first-order valence-electron chi connectivity index (χ1n) is 14.2. The molecule has 6 aliphatic rings. The van der Waals surface area contributed by atoms with Crippen LogP contribution in [-0.4, -0.2) is 69.7 Å². The van der Waals surface area contributed by atoms with Crippen molar-refractivity contribution in [3.05, 3.63) is 23.5 Å². The van der Waals surface area contributed by atoms with Gasteiger partial charge in [0.2, 0.25) is 0 Å². The third-order valence-electron chi connectivity index (χ3n) is 10.8. The highest BCUT2D eigenvalue weighted by atomic mass is 32.2. The normalized spacial score (nSPS) is 36.9. The first kappa shape index (κ1) is 32.4. The van der Waals surface area contributed by atoms with Crippen LogP contribution in [-0.2, 0) is 33.2 Å². The number of hydrogen-bond donors (Lipinski definition) is 0. The molecule has 44 heavy (non-hydrogen) atoms. The Labute approximate surface area is 247 Å². The van der Waals surface area contributed by atoms with Crippen molar-refractivity contribution >= 4 is 10.1 Å². The molecule has 17 heteroatoms. The minimum absolute atomic E-state index is 0.152. The highest BCUT2D eigenvalue weighted by Crippen LogP contribution is 2.69. The average Bonchev–Trinajstić information content (AvgIpc) is 3.64. The second-order valence-electron chi connectivity index (χ2n) is 12.9. The molecule has 0 radical (unpaired) electrons. The lowest BCUT2D eigenvalue weighted by molar-refractivity contribution is -0.382. The summed E-state index contributed by atoms with van der Waals surface area (Å²) in [5.41, 5.74) is -1.56. The van der Waals surface area contributed by atoms with E-state index in [1.807, 2.05) is 6.08 Å². The Kier molecular flexibility index (Phi) is 7.00. The summed E-state index contributed by atoms with van der Waals surface area (Å²) in [6.45, 7) is 4.30. The van der Waals surface area contributed by atoms with Crippen LogP contribution in [0.25, 0.3) is 0 Å². The van der Waals surface area contributed by atoms with E-state index in [2.05, 4.69) is 0 Å². The molecule has 2 saturated heterocycles. The number of ether oxygens (including phenoxy) is 4. The molecule has 2 saturated carbocycles. The fourth-order valence-corrected chi connectivity index (χ4v) is 9.50. The van der Waals surface area contributed by atoms with Crippen molar-refractivity contribution in [1.82, 2.24) is 0 Å². The van der Waals surface area contributed by atoms with Gasteiger partial charge in [-0.1, -0.05) is 25.5 Å². The maximum Gasteiger partial charge on any atom is 0.460 e. The largest absolute Gasteiger partial charge is 0.460 e. The lowest BCUT2D eigenvalue weighted by Crippen LogP contribution is -2.63. The molecule has 0 unspecified atom stereocenters. The molecule has 0 aromatic heterocycles. The average molecular weight is 671 g/mol. The first-order valence-corrected chi connectivity index (χ1v) is 15.6. The molecule has 0 aromatic rings. The van der Waals surface area contributed by atoms with Gasteiger partial charge in [0.25, 0.3) is 0 Å². The standard InChI is InChI=1S/C27H31F9O7S/c1-20-7-8-22(39-9-10-40-22)13-15(20)3-4-16-17-5-6-23(41-11-12-42-23)21(17,2)14-18(19(16)20)43-44(37,38)27(35,36)25(30,31)24(28,29)26(32,33)34/h3,14,16-17,19H,4-13H2,1-2H3/t16-,17-,19+,20-,21-/m0/s1. The van der Waals surface area contributed by atoms with Gasteiger partial charge in [-0.25, -0.2) is 0 Å². The molecular formula is C27H31F9O7S. The smallest absolute Gasteiger partial charge is 0.383 e. The van der Waals surface area contributed by atoms with Gasteiger partial charge in [-0.15, -0.1) is 0 Å². The maximum absolute atomic E-state index is 14.9. The van der Waals surface area contributed by atoms with Gasteiger partial charge in [-0.2, -0.15) is 47.9 Å². The van der Waals surface area contributed by atoms with Crippen LogP contribution in [0.1, 0.15) is 52.4 Å². The van der Waals surface area contributed by atoms with Crippen molar-refractivity contribution in [2.45, 2.75) is 87.2 Å². The topological polar surface area (TPSA) is 80.3 Å². The molecule has 4 fully saturated rings. The number of halogens is 9. The minimum Gasteiger partial charge on any atom is -0.383 e. The Morgan fingerprint density at radius 3 is 2.02 bits per heavy atom. The molecule has 5 atom stereocenters. The van der Waals surface area contributed by atoms with Crippen molar-refractivity contribution in [3.63, 3.8) is 0 Å². The zero-order valence-electron chi connectivity index (χ0n) is 23.6. The number of rotatable bonds is 5. The molecular weight excluding hydrogens is 639 g/mol. The van der Waals surface area contributed by atoms with Crippen molar-refractivity contribution in [3.8, 4) is 0 Å². The van der Waals surface area contributed by atoms with Gasteiger partial charge in [-0.3, -0.25) is 0 Å². The Balaban J connectivity index is 1.45. The summed E-state index contributed by atoms with van der Waals surface area (Å²) in [5.74, 6) is -19.8. The second kappa shape index (κ2) is 9.50. The monoisotopic (exact) mass is 670 g/mol. The molecule has 2 aliphatic heterocycles. The third-order valence-corrected chi connectivity index (χ3v) is 12.1.